The quantitative estimate of drug-likeness (QED) is 0.743. The molecule has 1 amide bonds. The van der Waals surface area contributed by atoms with Crippen LogP contribution in [0.2, 0.25) is 0 Å². The van der Waals surface area contributed by atoms with E-state index >= 15 is 0 Å². The first-order valence-electron chi connectivity index (χ1n) is 9.99. The molecule has 6 nitrogen and oxygen atoms in total. The molecule has 0 spiro atoms. The minimum atomic E-state index is -0.125. The summed E-state index contributed by atoms with van der Waals surface area (Å²) in [5.41, 5.74) is 3.26. The van der Waals surface area contributed by atoms with Gasteiger partial charge in [-0.3, -0.25) is 14.1 Å². The topological polar surface area (TPSA) is 62.5 Å². The lowest BCUT2D eigenvalue weighted by molar-refractivity contribution is -0.126. The fourth-order valence-electron chi connectivity index (χ4n) is 3.99. The van der Waals surface area contributed by atoms with Crippen molar-refractivity contribution >= 4 is 11.6 Å². The van der Waals surface area contributed by atoms with Crippen molar-refractivity contribution in [3.63, 3.8) is 0 Å². The Morgan fingerprint density at radius 2 is 1.89 bits per heavy atom. The molecule has 6 heteroatoms. The van der Waals surface area contributed by atoms with Crippen molar-refractivity contribution in [1.29, 1.82) is 0 Å². The second kappa shape index (κ2) is 8.10. The number of aromatic nitrogens is 3. The Labute approximate surface area is 165 Å². The molecule has 1 saturated heterocycles. The van der Waals surface area contributed by atoms with Crippen LogP contribution in [0.1, 0.15) is 42.6 Å². The molecule has 1 unspecified atom stereocenters. The first kappa shape index (κ1) is 18.6. The lowest BCUT2D eigenvalue weighted by Crippen LogP contribution is -2.48. The third-order valence-corrected chi connectivity index (χ3v) is 5.88. The van der Waals surface area contributed by atoms with E-state index in [-0.39, 0.29) is 11.9 Å². The van der Waals surface area contributed by atoms with E-state index in [1.54, 1.807) is 0 Å². The minimum Gasteiger partial charge on any atom is -0.351 e. The molecule has 1 fully saturated rings. The van der Waals surface area contributed by atoms with E-state index < -0.39 is 0 Å². The molecule has 0 bridgehead atoms. The number of carbonyl (C=O) groups excluding carboxylic acids is 1. The van der Waals surface area contributed by atoms with Crippen LogP contribution in [0.15, 0.2) is 48.7 Å². The number of nitrogens with zero attached hydrogens (tertiary/aromatic N) is 4. The number of pyridine rings is 1. The van der Waals surface area contributed by atoms with E-state index in [0.717, 1.165) is 37.4 Å². The molecule has 1 aliphatic heterocycles. The average Bonchev–Trinajstić information content (AvgIpc) is 3.17. The number of nitrogens with one attached hydrogen (secondary N) is 1. The van der Waals surface area contributed by atoms with Crippen molar-refractivity contribution < 1.29 is 4.79 Å². The summed E-state index contributed by atoms with van der Waals surface area (Å²) in [7, 11) is 0. The molecule has 28 heavy (non-hydrogen) atoms. The van der Waals surface area contributed by atoms with Crippen LogP contribution in [0.5, 0.6) is 0 Å². The summed E-state index contributed by atoms with van der Waals surface area (Å²) in [6.07, 6.45) is 4.01. The summed E-state index contributed by atoms with van der Waals surface area (Å²) >= 11 is 0. The normalized spacial score (nSPS) is 16.9. The number of benzene rings is 1. The van der Waals surface area contributed by atoms with Gasteiger partial charge in [-0.25, -0.2) is 0 Å². The second-order valence-electron chi connectivity index (χ2n) is 7.62. The molecule has 3 heterocycles. The van der Waals surface area contributed by atoms with E-state index in [1.807, 2.05) is 43.5 Å². The predicted molar refractivity (Wildman–Crippen MR) is 109 cm³/mol. The number of fused-ring (bicyclic) bond motifs is 1. The van der Waals surface area contributed by atoms with Gasteiger partial charge in [-0.1, -0.05) is 30.3 Å². The van der Waals surface area contributed by atoms with Crippen LogP contribution < -0.4 is 5.32 Å². The highest BCUT2D eigenvalue weighted by Gasteiger charge is 2.29. The van der Waals surface area contributed by atoms with Gasteiger partial charge in [0.1, 0.15) is 5.82 Å². The molecule has 0 saturated carbocycles. The van der Waals surface area contributed by atoms with Gasteiger partial charge >= 0.3 is 0 Å². The van der Waals surface area contributed by atoms with E-state index in [2.05, 4.69) is 43.9 Å². The zero-order valence-electron chi connectivity index (χ0n) is 16.5. The number of piperidine rings is 1. The van der Waals surface area contributed by atoms with E-state index in [4.69, 9.17) is 0 Å². The van der Waals surface area contributed by atoms with E-state index in [0.29, 0.717) is 12.5 Å². The van der Waals surface area contributed by atoms with Crippen LogP contribution >= 0.6 is 0 Å². The molecular formula is C22H27N5O. The van der Waals surface area contributed by atoms with Gasteiger partial charge in [0.25, 0.3) is 0 Å². The lowest BCUT2D eigenvalue weighted by Gasteiger charge is -2.34. The number of carbonyl (C=O) groups is 1. The molecule has 1 atom stereocenters. The van der Waals surface area contributed by atoms with Crippen molar-refractivity contribution in [2.45, 2.75) is 45.2 Å². The van der Waals surface area contributed by atoms with Crippen LogP contribution in [0.4, 0.5) is 0 Å². The van der Waals surface area contributed by atoms with E-state index in [1.165, 1.54) is 11.1 Å². The summed E-state index contributed by atoms with van der Waals surface area (Å²) in [5.74, 6) is 1.51. The zero-order chi connectivity index (χ0) is 19.5. The number of aryl methyl sites for hydroxylation is 1. The third kappa shape index (κ3) is 3.78. The molecule has 1 N–H and O–H groups in total. The molecular weight excluding hydrogens is 350 g/mol. The van der Waals surface area contributed by atoms with Crippen molar-refractivity contribution in [2.24, 2.45) is 0 Å². The van der Waals surface area contributed by atoms with Gasteiger partial charge in [0.2, 0.25) is 5.91 Å². The molecule has 2 aromatic heterocycles. The second-order valence-corrected chi connectivity index (χ2v) is 7.62. The number of hydrogen-bond donors (Lipinski definition) is 1. The van der Waals surface area contributed by atoms with Crippen molar-refractivity contribution in [2.75, 3.05) is 13.1 Å². The average molecular weight is 377 g/mol. The number of rotatable bonds is 5. The highest BCUT2D eigenvalue weighted by molar-refractivity contribution is 5.81. The Kier molecular flexibility index (Phi) is 5.39. The molecule has 0 radical (unpaired) electrons. The maximum absolute atomic E-state index is 12.6. The third-order valence-electron chi connectivity index (χ3n) is 5.88. The number of hydrogen-bond acceptors (Lipinski definition) is 4. The molecule has 0 aliphatic carbocycles. The molecule has 1 aromatic carbocycles. The van der Waals surface area contributed by atoms with Crippen LogP contribution in [0, 0.1) is 6.92 Å². The Morgan fingerprint density at radius 1 is 1.14 bits per heavy atom. The maximum atomic E-state index is 12.6. The van der Waals surface area contributed by atoms with Crippen molar-refractivity contribution in [3.8, 4) is 0 Å². The smallest absolute Gasteiger partial charge is 0.237 e. The van der Waals surface area contributed by atoms with Crippen LogP contribution in [0.3, 0.4) is 0 Å². The van der Waals surface area contributed by atoms with Gasteiger partial charge < -0.3 is 5.32 Å². The predicted octanol–water partition coefficient (Wildman–Crippen LogP) is 2.92. The Hall–Kier alpha value is -2.73. The number of amides is 1. The summed E-state index contributed by atoms with van der Waals surface area (Å²) in [4.78, 5) is 14.9. The van der Waals surface area contributed by atoms with E-state index in [9.17, 15) is 4.79 Å². The van der Waals surface area contributed by atoms with Crippen LogP contribution in [-0.4, -0.2) is 44.5 Å². The first-order valence-corrected chi connectivity index (χ1v) is 9.99. The standard InChI is InChI=1S/C22H27N5O/c1-16-7-3-4-8-19(16)15-23-22(28)17(2)26-13-10-18(11-14-26)21-25-24-20-9-5-6-12-27(20)21/h3-9,12,17-18H,10-11,13-15H2,1-2H3,(H,23,28). The Morgan fingerprint density at radius 3 is 2.68 bits per heavy atom. The minimum absolute atomic E-state index is 0.0923. The highest BCUT2D eigenvalue weighted by Crippen LogP contribution is 2.28. The zero-order valence-corrected chi connectivity index (χ0v) is 16.5. The highest BCUT2D eigenvalue weighted by atomic mass is 16.2. The first-order chi connectivity index (χ1) is 13.6. The fourth-order valence-corrected chi connectivity index (χ4v) is 3.99. The van der Waals surface area contributed by atoms with Gasteiger partial charge in [-0.2, -0.15) is 0 Å². The molecule has 3 aromatic rings. The SMILES string of the molecule is Cc1ccccc1CNC(=O)C(C)N1CCC(c2nnc3ccccn23)CC1. The van der Waals surface area contributed by atoms with Gasteiger partial charge in [0.15, 0.2) is 5.65 Å². The summed E-state index contributed by atoms with van der Waals surface area (Å²) < 4.78 is 2.08. The van der Waals surface area contributed by atoms with Gasteiger partial charge in [0, 0.05) is 18.7 Å². The number of likely N-dealkylation sites (tertiary alicyclic amines) is 1. The van der Waals surface area contributed by atoms with Crippen LogP contribution in [-0.2, 0) is 11.3 Å². The lowest BCUT2D eigenvalue weighted by atomic mass is 9.95. The van der Waals surface area contributed by atoms with Gasteiger partial charge in [-0.15, -0.1) is 10.2 Å². The largest absolute Gasteiger partial charge is 0.351 e. The van der Waals surface area contributed by atoms with Crippen LogP contribution in [0.25, 0.3) is 5.65 Å². The Bertz CT molecular complexity index is 958. The molecule has 146 valence electrons. The fraction of sp³-hybridized carbons (Fsp3) is 0.409. The summed E-state index contributed by atoms with van der Waals surface area (Å²) in [6, 6.07) is 14.0. The molecule has 4 rings (SSSR count). The Balaban J connectivity index is 1.33. The summed E-state index contributed by atoms with van der Waals surface area (Å²) in [5, 5.41) is 11.8. The van der Waals surface area contributed by atoms with Gasteiger partial charge in [-0.05, 0) is 63.0 Å². The van der Waals surface area contributed by atoms with Gasteiger partial charge in [0.05, 0.1) is 6.04 Å². The van der Waals surface area contributed by atoms with Crippen molar-refractivity contribution in [3.05, 3.63) is 65.6 Å². The summed E-state index contributed by atoms with van der Waals surface area (Å²) in [6.45, 7) is 6.44. The molecule has 1 aliphatic rings. The monoisotopic (exact) mass is 377 g/mol. The van der Waals surface area contributed by atoms with Crippen molar-refractivity contribution in [1.82, 2.24) is 24.8 Å². The maximum Gasteiger partial charge on any atom is 0.237 e.